The van der Waals surface area contributed by atoms with Crippen LogP contribution in [0.3, 0.4) is 0 Å². The van der Waals surface area contributed by atoms with Crippen molar-refractivity contribution in [2.75, 3.05) is 26.3 Å². The summed E-state index contributed by atoms with van der Waals surface area (Å²) in [5.41, 5.74) is 0.0435. The topological polar surface area (TPSA) is 32.7 Å². The molecule has 1 aliphatic heterocycles. The lowest BCUT2D eigenvalue weighted by Crippen LogP contribution is -2.57. The molecule has 2 atom stereocenters. The second-order valence-corrected chi connectivity index (χ2v) is 5.55. The van der Waals surface area contributed by atoms with Crippen LogP contribution in [0.25, 0.3) is 0 Å². The van der Waals surface area contributed by atoms with Crippen molar-refractivity contribution in [2.45, 2.75) is 57.6 Å². The molecule has 100 valence electrons. The maximum Gasteiger partial charge on any atom is 0.0774 e. The Kier molecular flexibility index (Phi) is 4.45. The van der Waals surface area contributed by atoms with E-state index in [9.17, 15) is 5.11 Å². The average molecular weight is 241 g/mol. The fourth-order valence-electron chi connectivity index (χ4n) is 3.88. The van der Waals surface area contributed by atoms with E-state index in [0.717, 1.165) is 45.6 Å². The van der Waals surface area contributed by atoms with Crippen LogP contribution in [0, 0.1) is 5.92 Å². The van der Waals surface area contributed by atoms with Gasteiger partial charge in [0.2, 0.25) is 0 Å². The van der Waals surface area contributed by atoms with Crippen molar-refractivity contribution >= 4 is 0 Å². The number of aliphatic hydroxyl groups excluding tert-OH is 1. The highest BCUT2D eigenvalue weighted by molar-refractivity contribution is 5.02. The maximum atomic E-state index is 10.8. The van der Waals surface area contributed by atoms with E-state index in [-0.39, 0.29) is 11.6 Å². The Balaban J connectivity index is 2.14. The predicted octanol–water partition coefficient (Wildman–Crippen LogP) is 2.04. The second kappa shape index (κ2) is 5.68. The van der Waals surface area contributed by atoms with Gasteiger partial charge >= 0.3 is 0 Å². The first-order valence-corrected chi connectivity index (χ1v) is 7.25. The first-order chi connectivity index (χ1) is 8.24. The summed E-state index contributed by atoms with van der Waals surface area (Å²) in [6.45, 7) is 8.09. The van der Waals surface area contributed by atoms with Crippen LogP contribution in [-0.2, 0) is 4.74 Å². The molecule has 2 rings (SSSR count). The number of nitrogens with zero attached hydrogens (tertiary/aromatic N) is 1. The molecule has 0 radical (unpaired) electrons. The van der Waals surface area contributed by atoms with Gasteiger partial charge in [0, 0.05) is 18.1 Å². The Bertz CT molecular complexity index is 228. The van der Waals surface area contributed by atoms with E-state index in [2.05, 4.69) is 18.7 Å². The lowest BCUT2D eigenvalue weighted by Gasteiger charge is -2.45. The van der Waals surface area contributed by atoms with Crippen molar-refractivity contribution in [1.82, 2.24) is 4.90 Å². The smallest absolute Gasteiger partial charge is 0.0774 e. The van der Waals surface area contributed by atoms with Gasteiger partial charge in [0.1, 0.15) is 0 Å². The predicted molar refractivity (Wildman–Crippen MR) is 69.1 cm³/mol. The lowest BCUT2D eigenvalue weighted by molar-refractivity contribution is -0.0569. The molecule has 17 heavy (non-hydrogen) atoms. The summed E-state index contributed by atoms with van der Waals surface area (Å²) in [6, 6.07) is 0. The van der Waals surface area contributed by atoms with Gasteiger partial charge in [-0.25, -0.2) is 0 Å². The third-order valence-electron chi connectivity index (χ3n) is 4.82. The van der Waals surface area contributed by atoms with Gasteiger partial charge in [0.15, 0.2) is 0 Å². The van der Waals surface area contributed by atoms with Crippen molar-refractivity contribution < 1.29 is 9.84 Å². The summed E-state index contributed by atoms with van der Waals surface area (Å²) in [4.78, 5) is 2.49. The van der Waals surface area contributed by atoms with E-state index < -0.39 is 0 Å². The molecule has 1 heterocycles. The molecule has 1 N–H and O–H groups in total. The fourth-order valence-corrected chi connectivity index (χ4v) is 3.88. The number of ether oxygens (including phenoxy) is 1. The Hall–Kier alpha value is -0.120. The summed E-state index contributed by atoms with van der Waals surface area (Å²) in [5.74, 6) is 0.355. The molecular weight excluding hydrogens is 214 g/mol. The highest BCUT2D eigenvalue weighted by Gasteiger charge is 2.47. The monoisotopic (exact) mass is 241 g/mol. The normalized spacial score (nSPS) is 30.0. The SMILES string of the molecule is CCN(CC)C1(C(O)C2CCOC2)CCCC1. The number of likely N-dealkylation sites (N-methyl/N-ethyl adjacent to an activating group) is 1. The molecule has 3 heteroatoms. The first-order valence-electron chi connectivity index (χ1n) is 7.25. The third kappa shape index (κ3) is 2.38. The van der Waals surface area contributed by atoms with Crippen molar-refractivity contribution in [3.8, 4) is 0 Å². The van der Waals surface area contributed by atoms with E-state index >= 15 is 0 Å². The largest absolute Gasteiger partial charge is 0.391 e. The number of aliphatic hydroxyl groups is 1. The minimum atomic E-state index is -0.201. The first kappa shape index (κ1) is 13.3. The van der Waals surface area contributed by atoms with Gasteiger partial charge < -0.3 is 9.84 Å². The van der Waals surface area contributed by atoms with Crippen LogP contribution in [0.4, 0.5) is 0 Å². The van der Waals surface area contributed by atoms with Gasteiger partial charge in [0.25, 0.3) is 0 Å². The lowest BCUT2D eigenvalue weighted by atomic mass is 9.80. The molecule has 0 aromatic carbocycles. The maximum absolute atomic E-state index is 10.8. The van der Waals surface area contributed by atoms with E-state index in [1.807, 2.05) is 0 Å². The minimum Gasteiger partial charge on any atom is -0.391 e. The number of hydrogen-bond donors (Lipinski definition) is 1. The quantitative estimate of drug-likeness (QED) is 0.799. The Morgan fingerprint density at radius 2 is 1.94 bits per heavy atom. The van der Waals surface area contributed by atoms with E-state index in [1.165, 1.54) is 12.8 Å². The van der Waals surface area contributed by atoms with Gasteiger partial charge in [-0.15, -0.1) is 0 Å². The molecule has 0 bridgehead atoms. The van der Waals surface area contributed by atoms with E-state index in [0.29, 0.717) is 5.92 Å². The summed E-state index contributed by atoms with van der Waals surface area (Å²) < 4.78 is 5.45. The zero-order chi connectivity index (χ0) is 12.3. The van der Waals surface area contributed by atoms with Gasteiger partial charge in [-0.05, 0) is 32.4 Å². The van der Waals surface area contributed by atoms with Crippen LogP contribution < -0.4 is 0 Å². The van der Waals surface area contributed by atoms with Crippen molar-refractivity contribution in [3.05, 3.63) is 0 Å². The molecule has 1 aliphatic carbocycles. The Morgan fingerprint density at radius 3 is 2.41 bits per heavy atom. The van der Waals surface area contributed by atoms with Crippen LogP contribution in [0.2, 0.25) is 0 Å². The highest BCUT2D eigenvalue weighted by atomic mass is 16.5. The summed E-state index contributed by atoms with van der Waals surface area (Å²) >= 11 is 0. The molecule has 1 saturated carbocycles. The van der Waals surface area contributed by atoms with Gasteiger partial charge in [-0.2, -0.15) is 0 Å². The summed E-state index contributed by atoms with van der Waals surface area (Å²) in [7, 11) is 0. The molecule has 1 saturated heterocycles. The zero-order valence-electron chi connectivity index (χ0n) is 11.3. The van der Waals surface area contributed by atoms with Crippen molar-refractivity contribution in [3.63, 3.8) is 0 Å². The van der Waals surface area contributed by atoms with Crippen LogP contribution in [-0.4, -0.2) is 48.0 Å². The van der Waals surface area contributed by atoms with Crippen LogP contribution >= 0.6 is 0 Å². The molecule has 0 spiro atoms. The molecule has 0 amide bonds. The Labute approximate surface area is 105 Å². The van der Waals surface area contributed by atoms with Gasteiger partial charge in [-0.1, -0.05) is 26.7 Å². The number of rotatable bonds is 5. The van der Waals surface area contributed by atoms with Gasteiger partial charge in [-0.3, -0.25) is 4.90 Å². The molecule has 0 aromatic heterocycles. The summed E-state index contributed by atoms with van der Waals surface area (Å²) in [5, 5.41) is 10.8. The molecule has 2 aliphatic rings. The highest BCUT2D eigenvalue weighted by Crippen LogP contribution is 2.41. The molecule has 2 fully saturated rings. The number of hydrogen-bond acceptors (Lipinski definition) is 3. The average Bonchev–Trinajstić information content (AvgIpc) is 3.02. The van der Waals surface area contributed by atoms with Crippen LogP contribution in [0.1, 0.15) is 46.0 Å². The standard InChI is InChI=1S/C14H27NO2/c1-3-15(4-2)14(8-5-6-9-14)13(16)12-7-10-17-11-12/h12-13,16H,3-11H2,1-2H3. The third-order valence-corrected chi connectivity index (χ3v) is 4.82. The molecule has 0 aromatic rings. The van der Waals surface area contributed by atoms with E-state index in [1.54, 1.807) is 0 Å². The molecule has 2 unspecified atom stereocenters. The van der Waals surface area contributed by atoms with Crippen LogP contribution in [0.5, 0.6) is 0 Å². The molecule has 3 nitrogen and oxygen atoms in total. The summed E-state index contributed by atoms with van der Waals surface area (Å²) in [6.07, 6.45) is 5.68. The minimum absolute atomic E-state index is 0.0435. The molecular formula is C14H27NO2. The fraction of sp³-hybridized carbons (Fsp3) is 1.00. The Morgan fingerprint density at radius 1 is 1.29 bits per heavy atom. The second-order valence-electron chi connectivity index (χ2n) is 5.55. The van der Waals surface area contributed by atoms with Crippen molar-refractivity contribution in [2.24, 2.45) is 5.92 Å². The van der Waals surface area contributed by atoms with Crippen LogP contribution in [0.15, 0.2) is 0 Å². The van der Waals surface area contributed by atoms with E-state index in [4.69, 9.17) is 4.74 Å². The van der Waals surface area contributed by atoms with Crippen molar-refractivity contribution in [1.29, 1.82) is 0 Å². The zero-order valence-corrected chi connectivity index (χ0v) is 11.3. The van der Waals surface area contributed by atoms with Gasteiger partial charge in [0.05, 0.1) is 12.7 Å².